The number of rotatable bonds is 15. The van der Waals surface area contributed by atoms with E-state index >= 15 is 0 Å². The predicted molar refractivity (Wildman–Crippen MR) is 175 cm³/mol. The number of piperidine rings is 1. The summed E-state index contributed by atoms with van der Waals surface area (Å²) in [6.45, 7) is 3.03. The third-order valence-electron chi connectivity index (χ3n) is 8.58. The van der Waals surface area contributed by atoms with Gasteiger partial charge in [0.1, 0.15) is 18.1 Å². The van der Waals surface area contributed by atoms with Gasteiger partial charge in [-0.25, -0.2) is 4.79 Å². The molecule has 48 heavy (non-hydrogen) atoms. The second-order valence-corrected chi connectivity index (χ2v) is 11.9. The Balaban J connectivity index is 1.76. The highest BCUT2D eigenvalue weighted by atomic mass is 16.5. The van der Waals surface area contributed by atoms with Gasteiger partial charge in [0, 0.05) is 39.1 Å². The van der Waals surface area contributed by atoms with E-state index in [0.29, 0.717) is 24.0 Å². The van der Waals surface area contributed by atoms with Gasteiger partial charge in [-0.1, -0.05) is 48.5 Å². The number of benzene rings is 2. The lowest BCUT2D eigenvalue weighted by Gasteiger charge is -2.42. The Bertz CT molecular complexity index is 1470. The van der Waals surface area contributed by atoms with E-state index in [1.54, 1.807) is 12.1 Å². The molecule has 14 nitrogen and oxygen atoms in total. The number of methoxy groups -OCH3 is 1. The Morgan fingerprint density at radius 2 is 1.67 bits per heavy atom. The van der Waals surface area contributed by atoms with Crippen molar-refractivity contribution in [2.45, 2.75) is 82.3 Å². The summed E-state index contributed by atoms with van der Waals surface area (Å²) >= 11 is 0. The number of ether oxygens (including phenoxy) is 1. The van der Waals surface area contributed by atoms with Gasteiger partial charge < -0.3 is 41.1 Å². The first-order valence-corrected chi connectivity index (χ1v) is 15.8. The topological polar surface area (TPSA) is 209 Å². The van der Waals surface area contributed by atoms with Crippen LogP contribution in [0.2, 0.25) is 0 Å². The molecule has 1 aliphatic rings. The first kappa shape index (κ1) is 37.6. The summed E-state index contributed by atoms with van der Waals surface area (Å²) in [7, 11) is 2.90. The molecule has 0 bridgehead atoms. The zero-order valence-corrected chi connectivity index (χ0v) is 27.6. The maximum absolute atomic E-state index is 13.9. The van der Waals surface area contributed by atoms with Crippen molar-refractivity contribution in [2.24, 2.45) is 5.73 Å². The number of carbonyl (C=O) groups is 6. The first-order valence-electron chi connectivity index (χ1n) is 15.8. The van der Waals surface area contributed by atoms with Gasteiger partial charge in [0.15, 0.2) is 0 Å². The summed E-state index contributed by atoms with van der Waals surface area (Å²) in [5.41, 5.74) is 7.03. The monoisotopic (exact) mass is 667 g/mol. The van der Waals surface area contributed by atoms with E-state index in [9.17, 15) is 39.0 Å². The standard InChI is InChI=1S/C34H45N5O9/c1-20(38(3)32(44)24-14-9-8-13-23(24)22-11-6-5-7-12-22)31(43)37-30(21(2)40)33(45)39-18-10-15-27(48-4)26(39)19-29(42)36-25(34(46)47)16-17-28(35)41/h5-9,11-14,20-21,25-27,30,40H,10,15-19H2,1-4H3,(H2,35,41)(H,36,42)(H,37,43)(H,46,47)/t20-,21+,25+,26+,27+,30+/m1/s1. The molecule has 2 aromatic rings. The zero-order chi connectivity index (χ0) is 35.5. The van der Waals surface area contributed by atoms with Crippen LogP contribution in [-0.2, 0) is 28.7 Å². The van der Waals surface area contributed by atoms with Crippen molar-refractivity contribution in [2.75, 3.05) is 20.7 Å². The molecule has 6 N–H and O–H groups in total. The van der Waals surface area contributed by atoms with Gasteiger partial charge in [0.25, 0.3) is 5.91 Å². The molecule has 0 saturated carbocycles. The summed E-state index contributed by atoms with van der Waals surface area (Å²) in [5.74, 6) is -4.53. The average molecular weight is 668 g/mol. The number of hydrogen-bond acceptors (Lipinski definition) is 8. The molecule has 0 spiro atoms. The van der Waals surface area contributed by atoms with Crippen molar-refractivity contribution in [1.29, 1.82) is 0 Å². The number of nitrogens with one attached hydrogen (secondary N) is 2. The number of aliphatic carboxylic acids is 1. The summed E-state index contributed by atoms with van der Waals surface area (Å²) in [6.07, 6.45) is -1.73. The highest BCUT2D eigenvalue weighted by molar-refractivity contribution is 6.03. The lowest BCUT2D eigenvalue weighted by Crippen LogP contribution is -2.62. The highest BCUT2D eigenvalue weighted by Gasteiger charge is 2.41. The lowest BCUT2D eigenvalue weighted by molar-refractivity contribution is -0.149. The number of primary amides is 1. The Kier molecular flexibility index (Phi) is 13.6. The van der Waals surface area contributed by atoms with E-state index < -0.39 is 71.9 Å². The summed E-state index contributed by atoms with van der Waals surface area (Å²) in [6, 6.07) is 11.7. The van der Waals surface area contributed by atoms with Crippen LogP contribution in [0.25, 0.3) is 11.1 Å². The number of nitrogens with two attached hydrogens (primary N) is 1. The van der Waals surface area contributed by atoms with Crippen LogP contribution in [0.5, 0.6) is 0 Å². The third-order valence-corrected chi connectivity index (χ3v) is 8.58. The van der Waals surface area contributed by atoms with Crippen LogP contribution >= 0.6 is 0 Å². The normalized spacial score (nSPS) is 18.5. The molecule has 1 heterocycles. The lowest BCUT2D eigenvalue weighted by atomic mass is 9.93. The van der Waals surface area contributed by atoms with Crippen LogP contribution in [0.15, 0.2) is 54.6 Å². The summed E-state index contributed by atoms with van der Waals surface area (Å²) < 4.78 is 5.57. The van der Waals surface area contributed by atoms with Crippen LogP contribution in [0.1, 0.15) is 56.3 Å². The fourth-order valence-electron chi connectivity index (χ4n) is 5.72. The van der Waals surface area contributed by atoms with Crippen LogP contribution in [0, 0.1) is 0 Å². The van der Waals surface area contributed by atoms with Crippen LogP contribution in [0.3, 0.4) is 0 Å². The van der Waals surface area contributed by atoms with Gasteiger partial charge in [-0.3, -0.25) is 24.0 Å². The van der Waals surface area contributed by atoms with Crippen LogP contribution in [-0.4, -0.2) is 113 Å². The van der Waals surface area contributed by atoms with Crippen molar-refractivity contribution in [3.63, 3.8) is 0 Å². The first-order chi connectivity index (χ1) is 22.8. The number of aliphatic hydroxyl groups is 1. The number of likely N-dealkylation sites (tertiary alicyclic amines) is 1. The van der Waals surface area contributed by atoms with Crippen LogP contribution in [0.4, 0.5) is 0 Å². The second kappa shape index (κ2) is 17.4. The smallest absolute Gasteiger partial charge is 0.326 e. The number of hydrogen-bond donors (Lipinski definition) is 5. The Hall–Kier alpha value is -4.82. The summed E-state index contributed by atoms with van der Waals surface area (Å²) in [5, 5.41) is 25.1. The fraction of sp³-hybridized carbons (Fsp3) is 0.471. The second-order valence-electron chi connectivity index (χ2n) is 11.9. The minimum absolute atomic E-state index is 0.185. The Morgan fingerprint density at radius 1 is 1.02 bits per heavy atom. The molecule has 6 atom stereocenters. The summed E-state index contributed by atoms with van der Waals surface area (Å²) in [4.78, 5) is 79.4. The van der Waals surface area contributed by atoms with E-state index in [4.69, 9.17) is 10.5 Å². The maximum Gasteiger partial charge on any atom is 0.326 e. The highest BCUT2D eigenvalue weighted by Crippen LogP contribution is 2.26. The number of carboxylic acid groups (broad SMARTS) is 1. The zero-order valence-electron chi connectivity index (χ0n) is 27.6. The number of amides is 5. The van der Waals surface area contributed by atoms with Gasteiger partial charge in [-0.15, -0.1) is 0 Å². The number of nitrogens with zero attached hydrogens (tertiary/aromatic N) is 2. The predicted octanol–water partition coefficient (Wildman–Crippen LogP) is 0.911. The van der Waals surface area contributed by atoms with E-state index in [0.717, 1.165) is 5.56 Å². The third kappa shape index (κ3) is 9.61. The molecule has 14 heteroatoms. The molecule has 3 rings (SSSR count). The number of likely N-dealkylation sites (N-methyl/N-ethyl adjacent to an activating group) is 1. The SMILES string of the molecule is CO[C@H]1CCCN(C(=O)[C@@H](NC(=O)[C@@H](C)N(C)C(=O)c2ccccc2-c2ccccc2)[C@H](C)O)[C@H]1CC(=O)N[C@@H](CCC(N)=O)C(=O)O. The van der Waals surface area contributed by atoms with Gasteiger partial charge in [0.2, 0.25) is 23.6 Å². The molecule has 2 aromatic carbocycles. The molecule has 0 radical (unpaired) electrons. The van der Waals surface area contributed by atoms with Gasteiger partial charge in [0.05, 0.1) is 18.2 Å². The largest absolute Gasteiger partial charge is 0.480 e. The molecule has 0 aromatic heterocycles. The molecule has 1 saturated heterocycles. The average Bonchev–Trinajstić information content (AvgIpc) is 3.07. The number of aliphatic hydroxyl groups excluding tert-OH is 1. The van der Waals surface area contributed by atoms with Crippen LogP contribution < -0.4 is 16.4 Å². The van der Waals surface area contributed by atoms with Crippen molar-refractivity contribution in [1.82, 2.24) is 20.4 Å². The maximum atomic E-state index is 13.9. The Labute approximate surface area is 279 Å². The molecule has 1 fully saturated rings. The van der Waals surface area contributed by atoms with Gasteiger partial charge in [-0.2, -0.15) is 0 Å². The fourth-order valence-corrected chi connectivity index (χ4v) is 5.72. The molecular formula is C34H45N5O9. The van der Waals surface area contributed by atoms with Crippen molar-refractivity contribution < 1.29 is 43.7 Å². The molecule has 0 aliphatic carbocycles. The van der Waals surface area contributed by atoms with Gasteiger partial charge in [-0.05, 0) is 50.3 Å². The van der Waals surface area contributed by atoms with Crippen molar-refractivity contribution in [3.05, 3.63) is 60.2 Å². The molecule has 5 amide bonds. The molecule has 1 aliphatic heterocycles. The van der Waals surface area contributed by atoms with Crippen molar-refractivity contribution in [3.8, 4) is 11.1 Å². The number of carbonyl (C=O) groups excluding carboxylic acids is 5. The van der Waals surface area contributed by atoms with E-state index in [1.165, 1.54) is 37.8 Å². The Morgan fingerprint density at radius 3 is 2.27 bits per heavy atom. The van der Waals surface area contributed by atoms with E-state index in [-0.39, 0.29) is 25.8 Å². The van der Waals surface area contributed by atoms with E-state index in [2.05, 4.69) is 10.6 Å². The minimum atomic E-state index is -1.43. The molecule has 0 unspecified atom stereocenters. The van der Waals surface area contributed by atoms with Gasteiger partial charge >= 0.3 is 5.97 Å². The quantitative estimate of drug-likeness (QED) is 0.183. The van der Waals surface area contributed by atoms with Crippen molar-refractivity contribution >= 4 is 35.5 Å². The molecular weight excluding hydrogens is 622 g/mol. The minimum Gasteiger partial charge on any atom is -0.480 e. The molecule has 260 valence electrons. The van der Waals surface area contributed by atoms with E-state index in [1.807, 2.05) is 42.5 Å². The number of carboxylic acids is 1.